The molecule has 6 aromatic carbocycles. The third-order valence-electron chi connectivity index (χ3n) is 13.0. The van der Waals surface area contributed by atoms with Crippen molar-refractivity contribution in [2.45, 2.75) is 92.2 Å². The molecule has 0 atom stereocenters. The van der Waals surface area contributed by atoms with Crippen molar-refractivity contribution in [1.82, 2.24) is 19.3 Å². The van der Waals surface area contributed by atoms with Crippen LogP contribution in [-0.2, 0) is 27.2 Å². The number of anilines is 4. The van der Waals surface area contributed by atoms with Crippen LogP contribution in [0.3, 0.4) is 0 Å². The number of nitrogens with zero attached hydrogens (tertiary/aromatic N) is 7. The Morgan fingerprint density at radius 3 is 1.55 bits per heavy atom. The number of rotatable bonds is 14. The van der Waals surface area contributed by atoms with Gasteiger partial charge in [0.2, 0.25) is 0 Å². The SMILES string of the molecule is CC(C)c1ccc(N(Cc2ccc(N(C)C)cc2)C(=O)c2c(C(C)C)ccc3c2ncn3C)cc1.CC(C)c1ccc(NCc2ccc(N(C)C)cc2)cc1.CC(C)c1ccc2c(cnn2C)c1C(=O)Cl. The van der Waals surface area contributed by atoms with Crippen molar-refractivity contribution in [3.63, 3.8) is 0 Å². The summed E-state index contributed by atoms with van der Waals surface area (Å²) in [6, 6.07) is 42.2. The van der Waals surface area contributed by atoms with Crippen molar-refractivity contribution in [1.29, 1.82) is 0 Å². The first-order valence-corrected chi connectivity index (χ1v) is 25.0. The highest BCUT2D eigenvalue weighted by Gasteiger charge is 2.26. The van der Waals surface area contributed by atoms with E-state index in [0.717, 1.165) is 56.5 Å². The van der Waals surface area contributed by atoms with Gasteiger partial charge in [0.25, 0.3) is 11.1 Å². The minimum atomic E-state index is -0.415. The van der Waals surface area contributed by atoms with Crippen LogP contribution < -0.4 is 20.0 Å². The molecule has 372 valence electrons. The molecule has 10 nitrogen and oxygen atoms in total. The van der Waals surface area contributed by atoms with Crippen LogP contribution in [0.4, 0.5) is 22.7 Å². The summed E-state index contributed by atoms with van der Waals surface area (Å²) in [5, 5.41) is 8.02. The molecular weight excluding hydrogens is 900 g/mol. The Morgan fingerprint density at radius 1 is 0.577 bits per heavy atom. The number of imidazole rings is 1. The van der Waals surface area contributed by atoms with Crippen molar-refractivity contribution in [2.75, 3.05) is 48.2 Å². The van der Waals surface area contributed by atoms with Gasteiger partial charge in [0.15, 0.2) is 0 Å². The predicted molar refractivity (Wildman–Crippen MR) is 300 cm³/mol. The maximum Gasteiger partial charge on any atom is 0.261 e. The maximum atomic E-state index is 14.4. The molecular formula is C60H73ClN8O2. The number of halogens is 1. The summed E-state index contributed by atoms with van der Waals surface area (Å²) in [5.74, 6) is 1.46. The van der Waals surface area contributed by atoms with E-state index in [1.54, 1.807) is 17.2 Å². The molecule has 1 amide bonds. The number of nitrogens with one attached hydrogen (secondary N) is 1. The Labute approximate surface area is 427 Å². The van der Waals surface area contributed by atoms with E-state index >= 15 is 0 Å². The highest BCUT2D eigenvalue weighted by molar-refractivity contribution is 6.68. The number of aryl methyl sites for hydroxylation is 2. The first-order valence-electron chi connectivity index (χ1n) is 24.6. The van der Waals surface area contributed by atoms with Gasteiger partial charge in [-0.3, -0.25) is 14.3 Å². The summed E-state index contributed by atoms with van der Waals surface area (Å²) in [6.45, 7) is 18.5. The largest absolute Gasteiger partial charge is 0.381 e. The van der Waals surface area contributed by atoms with Gasteiger partial charge in [-0.25, -0.2) is 4.98 Å². The molecule has 0 aliphatic heterocycles. The van der Waals surface area contributed by atoms with Crippen LogP contribution in [0.1, 0.15) is 133 Å². The third-order valence-corrected chi connectivity index (χ3v) is 13.2. The molecule has 0 unspecified atom stereocenters. The normalized spacial score (nSPS) is 11.2. The zero-order chi connectivity index (χ0) is 51.7. The van der Waals surface area contributed by atoms with E-state index in [4.69, 9.17) is 11.6 Å². The van der Waals surface area contributed by atoms with Crippen LogP contribution >= 0.6 is 11.6 Å². The van der Waals surface area contributed by atoms with Crippen molar-refractivity contribution >= 4 is 67.4 Å². The van der Waals surface area contributed by atoms with Gasteiger partial charge >= 0.3 is 0 Å². The zero-order valence-corrected chi connectivity index (χ0v) is 45.0. The van der Waals surface area contributed by atoms with Crippen LogP contribution in [0.2, 0.25) is 0 Å². The first-order chi connectivity index (χ1) is 33.7. The predicted octanol–water partition coefficient (Wildman–Crippen LogP) is 14.3. The van der Waals surface area contributed by atoms with Crippen molar-refractivity contribution in [3.8, 4) is 0 Å². The van der Waals surface area contributed by atoms with Gasteiger partial charge in [-0.15, -0.1) is 0 Å². The number of benzene rings is 6. The quantitative estimate of drug-likeness (QED) is 0.109. The monoisotopic (exact) mass is 973 g/mol. The van der Waals surface area contributed by atoms with Crippen LogP contribution in [0.5, 0.6) is 0 Å². The number of amides is 1. The van der Waals surface area contributed by atoms with E-state index in [1.807, 2.05) is 63.6 Å². The van der Waals surface area contributed by atoms with Gasteiger partial charge in [-0.1, -0.05) is 116 Å². The Bertz CT molecular complexity index is 2970. The molecule has 0 aliphatic rings. The minimum absolute atomic E-state index is 0.0213. The molecule has 8 aromatic rings. The molecule has 0 radical (unpaired) electrons. The maximum absolute atomic E-state index is 14.4. The second-order valence-corrected chi connectivity index (χ2v) is 20.3. The summed E-state index contributed by atoms with van der Waals surface area (Å²) in [7, 11) is 12.0. The topological polar surface area (TPSA) is 91.5 Å². The average molecular weight is 974 g/mol. The Morgan fingerprint density at radius 2 is 1.06 bits per heavy atom. The fraction of sp³-hybridized carbons (Fsp3) is 0.333. The lowest BCUT2D eigenvalue weighted by Crippen LogP contribution is -2.31. The lowest BCUT2D eigenvalue weighted by molar-refractivity contribution is 0.0984. The Hall–Kier alpha value is -6.91. The van der Waals surface area contributed by atoms with E-state index in [1.165, 1.54) is 28.1 Å². The van der Waals surface area contributed by atoms with E-state index < -0.39 is 5.24 Å². The first kappa shape index (κ1) is 53.4. The number of fused-ring (bicyclic) bond motifs is 2. The fourth-order valence-corrected chi connectivity index (χ4v) is 8.72. The van der Waals surface area contributed by atoms with Gasteiger partial charge in [-0.2, -0.15) is 5.10 Å². The standard InChI is InChI=1S/C30H36N4O.C18H24N2.C12H13ClN2O/c1-20(2)23-10-14-25(15-11-23)34(18-22-8-12-24(13-9-22)32(5)6)30(35)28-26(21(3)4)16-17-27-29(28)31-19-33(27)7;1-14(2)16-7-9-17(10-8-16)19-13-15-5-11-18(12-6-15)20(3)4;1-7(2)8-4-5-10-9(6-14-15(10)3)11(8)12(13)16/h8-17,19-21H,18H2,1-7H3;5-12,14,19H,13H2,1-4H3;4-7H,1-3H3. The number of hydrogen-bond acceptors (Lipinski definition) is 7. The van der Waals surface area contributed by atoms with Crippen molar-refractivity contribution < 1.29 is 9.59 Å². The molecule has 11 heteroatoms. The number of carbonyl (C=O) groups is 2. The van der Waals surface area contributed by atoms with Gasteiger partial charge in [0.1, 0.15) is 5.52 Å². The highest BCUT2D eigenvalue weighted by atomic mass is 35.5. The molecule has 0 saturated carbocycles. The average Bonchev–Trinajstić information content (AvgIpc) is 3.93. The van der Waals surface area contributed by atoms with E-state index in [9.17, 15) is 9.59 Å². The second-order valence-electron chi connectivity index (χ2n) is 20.0. The fourth-order valence-electron chi connectivity index (χ4n) is 8.51. The van der Waals surface area contributed by atoms with E-state index in [-0.39, 0.29) is 17.7 Å². The lowest BCUT2D eigenvalue weighted by Gasteiger charge is -2.26. The molecule has 71 heavy (non-hydrogen) atoms. The van der Waals surface area contributed by atoms with Crippen LogP contribution in [-0.4, -0.2) is 58.7 Å². The molecule has 0 aliphatic carbocycles. The molecule has 8 rings (SSSR count). The summed E-state index contributed by atoms with van der Waals surface area (Å²) in [4.78, 5) is 36.6. The molecule has 0 spiro atoms. The summed E-state index contributed by atoms with van der Waals surface area (Å²) < 4.78 is 3.71. The Kier molecular flexibility index (Phi) is 17.9. The summed E-state index contributed by atoms with van der Waals surface area (Å²) >= 11 is 5.66. The molecule has 2 aromatic heterocycles. The van der Waals surface area contributed by atoms with Crippen LogP contribution in [0.15, 0.2) is 134 Å². The lowest BCUT2D eigenvalue weighted by atomic mass is 9.94. The van der Waals surface area contributed by atoms with Gasteiger partial charge in [-0.05, 0) is 129 Å². The van der Waals surface area contributed by atoms with E-state index in [0.29, 0.717) is 29.5 Å². The summed E-state index contributed by atoms with van der Waals surface area (Å²) in [6.07, 6.45) is 3.48. The Balaban J connectivity index is 0.000000193. The van der Waals surface area contributed by atoms with Crippen LogP contribution in [0.25, 0.3) is 21.9 Å². The highest BCUT2D eigenvalue weighted by Crippen LogP contribution is 2.32. The zero-order valence-electron chi connectivity index (χ0n) is 44.3. The third kappa shape index (κ3) is 13.1. The molecule has 0 saturated heterocycles. The molecule has 2 heterocycles. The molecule has 0 bridgehead atoms. The summed E-state index contributed by atoms with van der Waals surface area (Å²) in [5.41, 5.74) is 15.4. The number of aromatic nitrogens is 4. The number of hydrogen-bond donors (Lipinski definition) is 1. The van der Waals surface area contributed by atoms with Gasteiger partial charge in [0.05, 0.1) is 35.7 Å². The second kappa shape index (κ2) is 23.8. The van der Waals surface area contributed by atoms with Gasteiger partial charge in [0, 0.05) is 82.5 Å². The minimum Gasteiger partial charge on any atom is -0.381 e. The van der Waals surface area contributed by atoms with Crippen molar-refractivity contribution in [2.24, 2.45) is 14.1 Å². The van der Waals surface area contributed by atoms with Crippen LogP contribution in [0, 0.1) is 0 Å². The van der Waals surface area contributed by atoms with Crippen molar-refractivity contribution in [3.05, 3.63) is 178 Å². The molecule has 0 fully saturated rings. The number of carbonyl (C=O) groups excluding carboxylic acids is 2. The molecule has 1 N–H and O–H groups in total. The smallest absolute Gasteiger partial charge is 0.261 e. The van der Waals surface area contributed by atoms with E-state index in [2.05, 4.69) is 190 Å². The van der Waals surface area contributed by atoms with Gasteiger partial charge < -0.3 is 24.6 Å².